The zero-order chi connectivity index (χ0) is 33.3. The number of carbonyl (C=O) groups is 2. The standard InChI is InChI=1S/C33H41F3N6O5/c1-33(2,3)47-32(44)41-19-21(34)17-25(41)26(43)16-20-8-10-22(11-9-20)46-28-18-27(38-31(39-28)40-12-14-45-15-13-40)42-24-7-5-4-6-23(24)37-30(42)29(35)36/h4-7,18,20-22,25,29H,8-17,19H2,1-3H3/t20?,21-,22?,25-/m0/s1. The number of benzene rings is 1. The number of imidazole rings is 1. The molecule has 0 bridgehead atoms. The van der Waals surface area contributed by atoms with E-state index >= 15 is 0 Å². The summed E-state index contributed by atoms with van der Waals surface area (Å²) in [6.45, 7) is 7.13. The molecule has 0 spiro atoms. The molecule has 11 nitrogen and oxygen atoms in total. The second-order valence-electron chi connectivity index (χ2n) is 13.5. The van der Waals surface area contributed by atoms with Crippen LogP contribution in [0.5, 0.6) is 5.88 Å². The number of para-hydroxylation sites is 2. The number of morpholine rings is 1. The van der Waals surface area contributed by atoms with Crippen molar-refractivity contribution in [3.63, 3.8) is 0 Å². The Kier molecular flexibility index (Phi) is 9.58. The maximum absolute atomic E-state index is 14.3. The predicted octanol–water partition coefficient (Wildman–Crippen LogP) is 5.83. The van der Waals surface area contributed by atoms with E-state index in [0.29, 0.717) is 69.0 Å². The Bertz CT molecular complexity index is 1580. The van der Waals surface area contributed by atoms with Gasteiger partial charge < -0.3 is 19.1 Å². The summed E-state index contributed by atoms with van der Waals surface area (Å²) in [5.41, 5.74) is 0.179. The molecule has 6 rings (SSSR count). The van der Waals surface area contributed by atoms with Crippen molar-refractivity contribution in [1.82, 2.24) is 24.4 Å². The lowest BCUT2D eigenvalue weighted by Crippen LogP contribution is -2.44. The highest BCUT2D eigenvalue weighted by atomic mass is 19.3. The number of carbonyl (C=O) groups excluding carboxylic acids is 2. The smallest absolute Gasteiger partial charge is 0.411 e. The van der Waals surface area contributed by atoms with Crippen molar-refractivity contribution >= 4 is 28.9 Å². The van der Waals surface area contributed by atoms with Gasteiger partial charge in [-0.3, -0.25) is 14.3 Å². The lowest BCUT2D eigenvalue weighted by molar-refractivity contribution is -0.124. The fourth-order valence-electron chi connectivity index (χ4n) is 6.57. The predicted molar refractivity (Wildman–Crippen MR) is 167 cm³/mol. The molecule has 2 saturated heterocycles. The minimum Gasteiger partial charge on any atom is -0.474 e. The van der Waals surface area contributed by atoms with Crippen molar-refractivity contribution in [3.05, 3.63) is 36.2 Å². The van der Waals surface area contributed by atoms with Gasteiger partial charge in [0.15, 0.2) is 11.6 Å². The van der Waals surface area contributed by atoms with E-state index in [1.807, 2.05) is 4.90 Å². The molecule has 47 heavy (non-hydrogen) atoms. The summed E-state index contributed by atoms with van der Waals surface area (Å²) in [4.78, 5) is 42.6. The van der Waals surface area contributed by atoms with Crippen molar-refractivity contribution in [3.8, 4) is 11.7 Å². The number of Topliss-reactive ketones (excluding diaryl/α,β-unsaturated/α-hetero) is 1. The van der Waals surface area contributed by atoms with Crippen LogP contribution in [0, 0.1) is 5.92 Å². The van der Waals surface area contributed by atoms with E-state index in [1.165, 1.54) is 9.47 Å². The summed E-state index contributed by atoms with van der Waals surface area (Å²) in [6, 6.07) is 7.65. The third kappa shape index (κ3) is 7.63. The van der Waals surface area contributed by atoms with Gasteiger partial charge in [-0.2, -0.15) is 9.97 Å². The molecule has 1 aromatic carbocycles. The fraction of sp³-hybridized carbons (Fsp3) is 0.606. The van der Waals surface area contributed by atoms with Gasteiger partial charge in [-0.05, 0) is 64.5 Å². The molecule has 0 unspecified atom stereocenters. The van der Waals surface area contributed by atoms with Crippen molar-refractivity contribution < 1.29 is 37.0 Å². The molecule has 4 heterocycles. The van der Waals surface area contributed by atoms with Crippen LogP contribution in [-0.2, 0) is 14.3 Å². The van der Waals surface area contributed by atoms with Gasteiger partial charge in [-0.25, -0.2) is 22.9 Å². The first-order valence-corrected chi connectivity index (χ1v) is 16.3. The van der Waals surface area contributed by atoms with Crippen LogP contribution in [0.4, 0.5) is 23.9 Å². The number of halogens is 3. The molecular formula is C33H41F3N6O5. The average molecular weight is 659 g/mol. The van der Waals surface area contributed by atoms with E-state index in [4.69, 9.17) is 14.2 Å². The van der Waals surface area contributed by atoms with Crippen LogP contribution in [0.1, 0.15) is 71.5 Å². The molecule has 0 radical (unpaired) electrons. The topological polar surface area (TPSA) is 112 Å². The first kappa shape index (κ1) is 33.0. The summed E-state index contributed by atoms with van der Waals surface area (Å²) < 4.78 is 61.4. The summed E-state index contributed by atoms with van der Waals surface area (Å²) in [7, 11) is 0. The number of hydrogen-bond acceptors (Lipinski definition) is 9. The average Bonchev–Trinajstić information content (AvgIpc) is 3.63. The number of ether oxygens (including phenoxy) is 3. The number of anilines is 1. The highest BCUT2D eigenvalue weighted by molar-refractivity contribution is 5.88. The summed E-state index contributed by atoms with van der Waals surface area (Å²) in [6.07, 6.45) is -2.06. The number of likely N-dealkylation sites (tertiary alicyclic amines) is 1. The Balaban J connectivity index is 1.15. The monoisotopic (exact) mass is 658 g/mol. The van der Waals surface area contributed by atoms with Crippen LogP contribution in [0.15, 0.2) is 30.3 Å². The lowest BCUT2D eigenvalue weighted by Gasteiger charge is -2.31. The van der Waals surface area contributed by atoms with Crippen LogP contribution in [0.3, 0.4) is 0 Å². The van der Waals surface area contributed by atoms with Crippen LogP contribution < -0.4 is 9.64 Å². The number of aromatic nitrogens is 4. The van der Waals surface area contributed by atoms with Crippen LogP contribution in [-0.4, -0.2) is 93.1 Å². The van der Waals surface area contributed by atoms with E-state index in [2.05, 4.69) is 15.0 Å². The third-order valence-electron chi connectivity index (χ3n) is 8.80. The SMILES string of the molecule is CC(C)(C)OC(=O)N1C[C@@H](F)C[C@H]1C(=O)CC1CCC(Oc2cc(-n3c(C(F)F)nc4ccccc43)nc(N3CCOCC3)n2)CC1. The van der Waals surface area contributed by atoms with Crippen LogP contribution >= 0.6 is 0 Å². The number of alkyl halides is 3. The number of nitrogens with zero attached hydrogens (tertiary/aromatic N) is 6. The van der Waals surface area contributed by atoms with E-state index in [0.717, 1.165) is 0 Å². The minimum atomic E-state index is -2.83. The molecule has 14 heteroatoms. The molecule has 254 valence electrons. The highest BCUT2D eigenvalue weighted by Crippen LogP contribution is 2.34. The third-order valence-corrected chi connectivity index (χ3v) is 8.80. The largest absolute Gasteiger partial charge is 0.474 e. The highest BCUT2D eigenvalue weighted by Gasteiger charge is 2.42. The van der Waals surface area contributed by atoms with Crippen molar-refractivity contribution in [2.45, 2.75) is 89.6 Å². The second-order valence-corrected chi connectivity index (χ2v) is 13.5. The van der Waals surface area contributed by atoms with Crippen LogP contribution in [0.2, 0.25) is 0 Å². The van der Waals surface area contributed by atoms with E-state index in [1.54, 1.807) is 51.1 Å². The van der Waals surface area contributed by atoms with Gasteiger partial charge in [0, 0.05) is 32.0 Å². The maximum atomic E-state index is 14.3. The van der Waals surface area contributed by atoms with E-state index < -0.39 is 36.2 Å². The van der Waals surface area contributed by atoms with Gasteiger partial charge in [0.2, 0.25) is 11.8 Å². The van der Waals surface area contributed by atoms with Crippen LogP contribution in [0.25, 0.3) is 16.9 Å². The Morgan fingerprint density at radius 3 is 2.47 bits per heavy atom. The summed E-state index contributed by atoms with van der Waals surface area (Å²) >= 11 is 0. The molecule has 0 N–H and O–H groups in total. The van der Waals surface area contributed by atoms with Crippen molar-refractivity contribution in [2.75, 3.05) is 37.7 Å². The molecule has 1 amide bonds. The van der Waals surface area contributed by atoms with E-state index in [9.17, 15) is 22.8 Å². The number of rotatable bonds is 8. The maximum Gasteiger partial charge on any atom is 0.411 e. The second kappa shape index (κ2) is 13.7. The number of hydrogen-bond donors (Lipinski definition) is 0. The number of amides is 1. The Morgan fingerprint density at radius 2 is 1.77 bits per heavy atom. The molecular weight excluding hydrogens is 617 g/mol. The molecule has 2 atom stereocenters. The normalized spacial score (nSPS) is 23.8. The molecule has 1 saturated carbocycles. The molecule has 3 fully saturated rings. The molecule has 2 aromatic heterocycles. The number of fused-ring (bicyclic) bond motifs is 1. The van der Waals surface area contributed by atoms with Gasteiger partial charge in [0.25, 0.3) is 6.43 Å². The number of ketones is 1. The van der Waals surface area contributed by atoms with Gasteiger partial charge in [-0.15, -0.1) is 0 Å². The Labute approximate surface area is 271 Å². The summed E-state index contributed by atoms with van der Waals surface area (Å²) in [5, 5.41) is 0. The molecule has 2 aliphatic heterocycles. The molecule has 3 aliphatic rings. The quantitative estimate of drug-likeness (QED) is 0.295. The van der Waals surface area contributed by atoms with Crippen molar-refractivity contribution in [1.29, 1.82) is 0 Å². The lowest BCUT2D eigenvalue weighted by atomic mass is 9.83. The fourth-order valence-corrected chi connectivity index (χ4v) is 6.57. The first-order valence-electron chi connectivity index (χ1n) is 16.3. The first-order chi connectivity index (χ1) is 22.4. The van der Waals surface area contributed by atoms with Gasteiger partial charge >= 0.3 is 6.09 Å². The zero-order valence-electron chi connectivity index (χ0n) is 26.9. The minimum absolute atomic E-state index is 0.0163. The Morgan fingerprint density at radius 1 is 1.04 bits per heavy atom. The molecule has 1 aliphatic carbocycles. The van der Waals surface area contributed by atoms with Crippen molar-refractivity contribution in [2.24, 2.45) is 5.92 Å². The Hall–Kier alpha value is -3.94. The molecule has 3 aromatic rings. The van der Waals surface area contributed by atoms with Gasteiger partial charge in [-0.1, -0.05) is 12.1 Å². The summed E-state index contributed by atoms with van der Waals surface area (Å²) in [5.74, 6) is 0.352. The van der Waals surface area contributed by atoms with E-state index in [-0.39, 0.29) is 48.9 Å². The van der Waals surface area contributed by atoms with Gasteiger partial charge in [0.05, 0.1) is 36.8 Å². The zero-order valence-corrected chi connectivity index (χ0v) is 26.9. The van der Waals surface area contributed by atoms with Gasteiger partial charge in [0.1, 0.15) is 23.7 Å².